The van der Waals surface area contributed by atoms with Gasteiger partial charge < -0.3 is 10.6 Å². The van der Waals surface area contributed by atoms with Gasteiger partial charge in [-0.2, -0.15) is 0 Å². The fraction of sp³-hybridized carbons (Fsp3) is 0.647. The number of hydrogen-bond donors (Lipinski definition) is 2. The van der Waals surface area contributed by atoms with E-state index in [1.54, 1.807) is 0 Å². The van der Waals surface area contributed by atoms with Gasteiger partial charge in [-0.1, -0.05) is 31.7 Å². The van der Waals surface area contributed by atoms with E-state index in [9.17, 15) is 9.59 Å². The summed E-state index contributed by atoms with van der Waals surface area (Å²) in [7, 11) is 0. The predicted molar refractivity (Wildman–Crippen MR) is 90.4 cm³/mol. The van der Waals surface area contributed by atoms with Crippen molar-refractivity contribution in [1.29, 1.82) is 0 Å². The number of rotatable bonds is 8. The first-order valence-corrected chi connectivity index (χ1v) is 9.20. The zero-order chi connectivity index (χ0) is 15.6. The number of Topliss-reactive ketones (excluding diaryl/α,β-unsaturated/α-hetero) is 1. The van der Waals surface area contributed by atoms with E-state index in [-0.39, 0.29) is 18.1 Å². The van der Waals surface area contributed by atoms with Gasteiger partial charge in [-0.15, -0.1) is 11.3 Å². The highest BCUT2D eigenvalue weighted by molar-refractivity contribution is 7.12. The lowest BCUT2D eigenvalue weighted by Gasteiger charge is -2.16. The minimum absolute atomic E-state index is 0.0347. The third-order valence-corrected chi connectivity index (χ3v) is 5.02. The van der Waals surface area contributed by atoms with E-state index < -0.39 is 0 Å². The van der Waals surface area contributed by atoms with Gasteiger partial charge in [0, 0.05) is 32.0 Å². The molecule has 1 aromatic heterocycles. The molecule has 1 saturated carbocycles. The zero-order valence-electron chi connectivity index (χ0n) is 13.1. The summed E-state index contributed by atoms with van der Waals surface area (Å²) in [5, 5.41) is 8.29. The smallest absolute Gasteiger partial charge is 0.220 e. The predicted octanol–water partition coefficient (Wildman–Crippen LogP) is 3.14. The summed E-state index contributed by atoms with van der Waals surface area (Å²) in [5.74, 6) is 0.0225. The van der Waals surface area contributed by atoms with Crippen molar-refractivity contribution in [2.75, 3.05) is 13.1 Å². The van der Waals surface area contributed by atoms with E-state index in [0.717, 1.165) is 11.4 Å². The monoisotopic (exact) mass is 322 g/mol. The van der Waals surface area contributed by atoms with E-state index in [1.807, 2.05) is 17.5 Å². The fourth-order valence-corrected chi connectivity index (χ4v) is 3.53. The number of carbonyl (C=O) groups excluding carboxylic acids is 2. The first-order chi connectivity index (χ1) is 10.8. The van der Waals surface area contributed by atoms with Gasteiger partial charge >= 0.3 is 0 Å². The summed E-state index contributed by atoms with van der Waals surface area (Å²) in [5.41, 5.74) is 0. The summed E-state index contributed by atoms with van der Waals surface area (Å²) in [4.78, 5) is 24.3. The molecular weight excluding hydrogens is 296 g/mol. The molecule has 0 radical (unpaired) electrons. The molecule has 0 saturated heterocycles. The number of nitrogens with one attached hydrogen (secondary N) is 2. The molecule has 0 spiro atoms. The van der Waals surface area contributed by atoms with E-state index in [0.29, 0.717) is 19.0 Å². The largest absolute Gasteiger partial charge is 0.355 e. The van der Waals surface area contributed by atoms with Crippen molar-refractivity contribution in [3.63, 3.8) is 0 Å². The van der Waals surface area contributed by atoms with Crippen LogP contribution in [-0.4, -0.2) is 30.8 Å². The second-order valence-electron chi connectivity index (χ2n) is 5.89. The van der Waals surface area contributed by atoms with Gasteiger partial charge in [0.2, 0.25) is 5.91 Å². The Morgan fingerprint density at radius 3 is 2.55 bits per heavy atom. The average molecular weight is 322 g/mol. The molecule has 4 nitrogen and oxygen atoms in total. The van der Waals surface area contributed by atoms with Crippen molar-refractivity contribution >= 4 is 23.0 Å². The normalized spacial score (nSPS) is 16.2. The number of carbonyl (C=O) groups is 2. The first-order valence-electron chi connectivity index (χ1n) is 8.32. The maximum absolute atomic E-state index is 11.8. The molecule has 1 aromatic rings. The van der Waals surface area contributed by atoms with Crippen molar-refractivity contribution in [2.45, 2.75) is 57.4 Å². The highest BCUT2D eigenvalue weighted by atomic mass is 32.1. The third-order valence-electron chi connectivity index (χ3n) is 4.11. The molecule has 0 bridgehead atoms. The highest BCUT2D eigenvalue weighted by Gasteiger charge is 2.12. The first kappa shape index (κ1) is 17.2. The molecule has 1 fully saturated rings. The Morgan fingerprint density at radius 1 is 1.09 bits per heavy atom. The summed E-state index contributed by atoms with van der Waals surface area (Å²) in [6, 6.07) is 4.28. The minimum Gasteiger partial charge on any atom is -0.355 e. The molecule has 0 atom stereocenters. The van der Waals surface area contributed by atoms with Gasteiger partial charge in [0.05, 0.1) is 4.88 Å². The van der Waals surface area contributed by atoms with Crippen molar-refractivity contribution in [2.24, 2.45) is 0 Å². The molecule has 2 N–H and O–H groups in total. The fourth-order valence-electron chi connectivity index (χ4n) is 2.84. The van der Waals surface area contributed by atoms with E-state index in [2.05, 4.69) is 10.6 Å². The second kappa shape index (κ2) is 9.74. The van der Waals surface area contributed by atoms with Gasteiger partial charge in [0.1, 0.15) is 0 Å². The topological polar surface area (TPSA) is 58.2 Å². The van der Waals surface area contributed by atoms with Crippen LogP contribution in [0, 0.1) is 0 Å². The van der Waals surface area contributed by atoms with E-state index in [4.69, 9.17) is 0 Å². The number of amides is 1. The van der Waals surface area contributed by atoms with Crippen LogP contribution in [0.25, 0.3) is 0 Å². The van der Waals surface area contributed by atoms with Crippen LogP contribution < -0.4 is 10.6 Å². The number of hydrogen-bond acceptors (Lipinski definition) is 4. The van der Waals surface area contributed by atoms with Crippen molar-refractivity contribution in [1.82, 2.24) is 10.6 Å². The van der Waals surface area contributed by atoms with Crippen LogP contribution in [-0.2, 0) is 4.79 Å². The summed E-state index contributed by atoms with van der Waals surface area (Å²) in [6.45, 7) is 1.46. The van der Waals surface area contributed by atoms with E-state index in [1.165, 1.54) is 49.9 Å². The van der Waals surface area contributed by atoms with Crippen LogP contribution in [0.3, 0.4) is 0 Å². The molecule has 5 heteroatoms. The molecule has 22 heavy (non-hydrogen) atoms. The van der Waals surface area contributed by atoms with Crippen LogP contribution in [0.4, 0.5) is 0 Å². The summed E-state index contributed by atoms with van der Waals surface area (Å²) >= 11 is 1.43. The third kappa shape index (κ3) is 6.28. The van der Waals surface area contributed by atoms with Gasteiger partial charge in [-0.05, 0) is 24.3 Å². The Labute approximate surface area is 136 Å². The molecule has 0 aromatic carbocycles. The zero-order valence-corrected chi connectivity index (χ0v) is 13.9. The highest BCUT2D eigenvalue weighted by Crippen LogP contribution is 2.16. The van der Waals surface area contributed by atoms with Gasteiger partial charge in [-0.3, -0.25) is 9.59 Å². The van der Waals surface area contributed by atoms with Crippen molar-refractivity contribution < 1.29 is 9.59 Å². The Morgan fingerprint density at radius 2 is 1.86 bits per heavy atom. The van der Waals surface area contributed by atoms with Crippen LogP contribution in [0.1, 0.15) is 61.0 Å². The molecule has 2 rings (SSSR count). The Hall–Kier alpha value is -1.20. The van der Waals surface area contributed by atoms with Crippen LogP contribution >= 0.6 is 11.3 Å². The van der Waals surface area contributed by atoms with Crippen molar-refractivity contribution in [3.05, 3.63) is 22.4 Å². The van der Waals surface area contributed by atoms with Crippen molar-refractivity contribution in [3.8, 4) is 0 Å². The number of thiophene rings is 1. The second-order valence-corrected chi connectivity index (χ2v) is 6.84. The molecule has 0 aliphatic heterocycles. The number of ketones is 1. The molecule has 1 amide bonds. The lowest BCUT2D eigenvalue weighted by atomic mass is 10.1. The molecule has 1 aliphatic rings. The molecule has 1 heterocycles. The maximum atomic E-state index is 11.8. The minimum atomic E-state index is -0.0347. The Bertz CT molecular complexity index is 451. The molecule has 1 aliphatic carbocycles. The Balaban J connectivity index is 1.53. The van der Waals surface area contributed by atoms with Gasteiger partial charge in [0.15, 0.2) is 5.78 Å². The lowest BCUT2D eigenvalue weighted by molar-refractivity contribution is -0.121. The SMILES string of the molecule is O=C(CCC(=O)c1cccs1)NCCNC1CCCCCC1. The maximum Gasteiger partial charge on any atom is 0.220 e. The summed E-state index contributed by atoms with van der Waals surface area (Å²) < 4.78 is 0. The summed E-state index contributed by atoms with van der Waals surface area (Å²) in [6.07, 6.45) is 8.42. The van der Waals surface area contributed by atoms with Crippen LogP contribution in [0.15, 0.2) is 17.5 Å². The van der Waals surface area contributed by atoms with Crippen LogP contribution in [0.5, 0.6) is 0 Å². The molecule has 0 unspecified atom stereocenters. The van der Waals surface area contributed by atoms with E-state index >= 15 is 0 Å². The standard InChI is InChI=1S/C17H26N2O2S/c20-15(16-8-5-13-22-16)9-10-17(21)19-12-11-18-14-6-3-1-2-4-7-14/h5,8,13-14,18H,1-4,6-7,9-12H2,(H,19,21). The van der Waals surface area contributed by atoms with Gasteiger partial charge in [-0.25, -0.2) is 0 Å². The molecular formula is C17H26N2O2S. The van der Waals surface area contributed by atoms with Crippen LogP contribution in [0.2, 0.25) is 0 Å². The Kier molecular flexibility index (Phi) is 7.60. The quantitative estimate of drug-likeness (QED) is 0.439. The lowest BCUT2D eigenvalue weighted by Crippen LogP contribution is -2.36. The average Bonchev–Trinajstić information content (AvgIpc) is 2.94. The van der Waals surface area contributed by atoms with Gasteiger partial charge in [0.25, 0.3) is 0 Å². The molecule has 122 valence electrons.